The molecular weight excluding hydrogens is 344 g/mol. The molecule has 0 aliphatic carbocycles. The van der Waals surface area contributed by atoms with Crippen LogP contribution in [0.1, 0.15) is 41.9 Å². The van der Waals surface area contributed by atoms with Gasteiger partial charge in [-0.3, -0.25) is 9.89 Å². The van der Waals surface area contributed by atoms with Gasteiger partial charge in [0.25, 0.3) is 0 Å². The molecule has 7 heteroatoms. The second kappa shape index (κ2) is 7.52. The quantitative estimate of drug-likeness (QED) is 0.806. The molecule has 0 spiro atoms. The zero-order valence-electron chi connectivity index (χ0n) is 15.5. The van der Waals surface area contributed by atoms with Crippen LogP contribution >= 0.6 is 0 Å². The van der Waals surface area contributed by atoms with Crippen molar-refractivity contribution in [2.75, 3.05) is 20.2 Å². The standard InChI is InChI=1S/C20H24N4O3/c1-27-18-9-13(8-17(25)19(18)26)11-24-7-5-15-14(12-24)10-22-20(23-15)16-4-2-3-6-21-16/h8-10,25-26H,2-7,11-12H2,1H3. The van der Waals surface area contributed by atoms with E-state index in [0.29, 0.717) is 6.54 Å². The molecule has 2 aliphatic heterocycles. The molecule has 142 valence electrons. The van der Waals surface area contributed by atoms with Crippen LogP contribution in [0, 0.1) is 0 Å². The summed E-state index contributed by atoms with van der Waals surface area (Å²) in [6, 6.07) is 3.33. The number of phenols is 2. The van der Waals surface area contributed by atoms with Crippen molar-refractivity contribution in [1.29, 1.82) is 0 Å². The predicted octanol–water partition coefficient (Wildman–Crippen LogP) is 2.43. The van der Waals surface area contributed by atoms with Gasteiger partial charge >= 0.3 is 0 Å². The Balaban J connectivity index is 1.49. The average Bonchev–Trinajstić information content (AvgIpc) is 2.71. The second-order valence-corrected chi connectivity index (χ2v) is 7.08. The lowest BCUT2D eigenvalue weighted by atomic mass is 10.0. The summed E-state index contributed by atoms with van der Waals surface area (Å²) in [4.78, 5) is 16.2. The Hall–Kier alpha value is -2.67. The number of hydrogen-bond donors (Lipinski definition) is 2. The van der Waals surface area contributed by atoms with Gasteiger partial charge in [-0.05, 0) is 37.0 Å². The van der Waals surface area contributed by atoms with Crippen LogP contribution in [-0.2, 0) is 19.5 Å². The molecule has 1 aromatic carbocycles. The first-order valence-corrected chi connectivity index (χ1v) is 9.33. The van der Waals surface area contributed by atoms with Crippen LogP contribution in [0.25, 0.3) is 0 Å². The number of aromatic nitrogens is 2. The van der Waals surface area contributed by atoms with Gasteiger partial charge in [0, 0.05) is 44.4 Å². The average molecular weight is 368 g/mol. The highest BCUT2D eigenvalue weighted by Crippen LogP contribution is 2.36. The lowest BCUT2D eigenvalue weighted by Gasteiger charge is -2.28. The van der Waals surface area contributed by atoms with Gasteiger partial charge in [0.1, 0.15) is 0 Å². The lowest BCUT2D eigenvalue weighted by molar-refractivity contribution is 0.241. The van der Waals surface area contributed by atoms with Gasteiger partial charge < -0.3 is 14.9 Å². The van der Waals surface area contributed by atoms with Crippen molar-refractivity contribution in [3.63, 3.8) is 0 Å². The molecule has 0 radical (unpaired) electrons. The molecule has 3 heterocycles. The Morgan fingerprint density at radius 1 is 1.19 bits per heavy atom. The molecule has 1 aromatic heterocycles. The molecule has 0 saturated carbocycles. The first kappa shape index (κ1) is 17.7. The van der Waals surface area contributed by atoms with Gasteiger partial charge in [0.05, 0.1) is 18.5 Å². The largest absolute Gasteiger partial charge is 0.504 e. The molecule has 0 amide bonds. The van der Waals surface area contributed by atoms with Crippen molar-refractivity contribution in [2.24, 2.45) is 4.99 Å². The van der Waals surface area contributed by atoms with Gasteiger partial charge in [-0.25, -0.2) is 9.97 Å². The molecule has 0 saturated heterocycles. The Bertz CT molecular complexity index is 882. The molecule has 2 N–H and O–H groups in total. The minimum Gasteiger partial charge on any atom is -0.504 e. The van der Waals surface area contributed by atoms with Crippen LogP contribution in [0.4, 0.5) is 0 Å². The monoisotopic (exact) mass is 368 g/mol. The summed E-state index contributed by atoms with van der Waals surface area (Å²) >= 11 is 0. The Morgan fingerprint density at radius 2 is 2.07 bits per heavy atom. The zero-order valence-corrected chi connectivity index (χ0v) is 15.5. The van der Waals surface area contributed by atoms with Crippen LogP contribution in [0.5, 0.6) is 17.2 Å². The van der Waals surface area contributed by atoms with Gasteiger partial charge in [-0.2, -0.15) is 0 Å². The molecule has 27 heavy (non-hydrogen) atoms. The molecule has 0 atom stereocenters. The molecule has 0 unspecified atom stereocenters. The molecule has 2 aromatic rings. The Kier molecular flexibility index (Phi) is 4.94. The van der Waals surface area contributed by atoms with E-state index in [9.17, 15) is 10.2 Å². The van der Waals surface area contributed by atoms with Gasteiger partial charge in [0.15, 0.2) is 17.3 Å². The van der Waals surface area contributed by atoms with Crippen LogP contribution < -0.4 is 4.74 Å². The predicted molar refractivity (Wildman–Crippen MR) is 101 cm³/mol. The van der Waals surface area contributed by atoms with E-state index in [0.717, 1.165) is 73.7 Å². The van der Waals surface area contributed by atoms with Gasteiger partial charge in [-0.15, -0.1) is 0 Å². The van der Waals surface area contributed by atoms with Crippen molar-refractivity contribution in [3.8, 4) is 17.2 Å². The number of phenolic OH excluding ortho intramolecular Hbond substituents is 2. The zero-order chi connectivity index (χ0) is 18.8. The molecule has 0 fully saturated rings. The van der Waals surface area contributed by atoms with E-state index >= 15 is 0 Å². The number of hydrogen-bond acceptors (Lipinski definition) is 7. The minimum atomic E-state index is -0.225. The first-order chi connectivity index (χ1) is 13.1. The number of ether oxygens (including phenoxy) is 1. The van der Waals surface area contributed by atoms with E-state index in [-0.39, 0.29) is 17.2 Å². The summed E-state index contributed by atoms with van der Waals surface area (Å²) in [6.07, 6.45) is 6.07. The highest BCUT2D eigenvalue weighted by Gasteiger charge is 2.21. The Labute approximate surface area is 158 Å². The molecule has 2 aliphatic rings. The number of benzene rings is 1. The molecular formula is C20H24N4O3. The van der Waals surface area contributed by atoms with E-state index in [1.807, 2.05) is 6.20 Å². The van der Waals surface area contributed by atoms with E-state index in [1.54, 1.807) is 12.1 Å². The van der Waals surface area contributed by atoms with Crippen LogP contribution in [0.15, 0.2) is 23.3 Å². The fraction of sp³-hybridized carbons (Fsp3) is 0.450. The number of nitrogens with zero attached hydrogens (tertiary/aromatic N) is 4. The fourth-order valence-corrected chi connectivity index (χ4v) is 3.68. The van der Waals surface area contributed by atoms with E-state index < -0.39 is 0 Å². The number of aromatic hydroxyl groups is 2. The molecule has 4 rings (SSSR count). The maximum atomic E-state index is 9.87. The highest BCUT2D eigenvalue weighted by molar-refractivity contribution is 5.97. The van der Waals surface area contributed by atoms with Crippen molar-refractivity contribution in [1.82, 2.24) is 14.9 Å². The SMILES string of the molecule is COc1cc(CN2CCc3nc(C4=NCCCC4)ncc3C2)cc(O)c1O. The van der Waals surface area contributed by atoms with Crippen LogP contribution in [0.3, 0.4) is 0 Å². The maximum Gasteiger partial charge on any atom is 0.200 e. The summed E-state index contributed by atoms with van der Waals surface area (Å²) in [5.41, 5.74) is 4.17. The van der Waals surface area contributed by atoms with E-state index in [1.165, 1.54) is 7.11 Å². The third-order valence-electron chi connectivity index (χ3n) is 5.14. The smallest absolute Gasteiger partial charge is 0.200 e. The lowest BCUT2D eigenvalue weighted by Crippen LogP contribution is -2.31. The van der Waals surface area contributed by atoms with Gasteiger partial charge in [-0.1, -0.05) is 0 Å². The summed E-state index contributed by atoms with van der Waals surface area (Å²) < 4.78 is 5.12. The van der Waals surface area contributed by atoms with E-state index in [2.05, 4.69) is 14.9 Å². The highest BCUT2D eigenvalue weighted by atomic mass is 16.5. The summed E-state index contributed by atoms with van der Waals surface area (Å²) in [5.74, 6) is 0.679. The van der Waals surface area contributed by atoms with E-state index in [4.69, 9.17) is 9.72 Å². The van der Waals surface area contributed by atoms with Crippen molar-refractivity contribution >= 4 is 5.71 Å². The number of fused-ring (bicyclic) bond motifs is 1. The summed E-state index contributed by atoms with van der Waals surface area (Å²) in [5, 5.41) is 19.7. The normalized spacial score (nSPS) is 17.3. The molecule has 7 nitrogen and oxygen atoms in total. The minimum absolute atomic E-state index is 0.164. The number of aliphatic imine (C=N–C) groups is 1. The van der Waals surface area contributed by atoms with Crippen LogP contribution in [0.2, 0.25) is 0 Å². The topological polar surface area (TPSA) is 91.1 Å². The Morgan fingerprint density at radius 3 is 2.85 bits per heavy atom. The third-order valence-corrected chi connectivity index (χ3v) is 5.14. The number of rotatable bonds is 4. The van der Waals surface area contributed by atoms with Crippen molar-refractivity contribution in [2.45, 2.75) is 38.8 Å². The second-order valence-electron chi connectivity index (χ2n) is 7.08. The van der Waals surface area contributed by atoms with Crippen LogP contribution in [-0.4, -0.2) is 51.0 Å². The first-order valence-electron chi connectivity index (χ1n) is 9.33. The summed E-state index contributed by atoms with van der Waals surface area (Å²) in [6.45, 7) is 3.16. The fourth-order valence-electron chi connectivity index (χ4n) is 3.68. The number of methoxy groups -OCH3 is 1. The maximum absolute atomic E-state index is 9.87. The third kappa shape index (κ3) is 3.73. The summed E-state index contributed by atoms with van der Waals surface area (Å²) in [7, 11) is 1.47. The van der Waals surface area contributed by atoms with Crippen molar-refractivity contribution in [3.05, 3.63) is 41.0 Å². The molecule has 0 bridgehead atoms. The van der Waals surface area contributed by atoms with Gasteiger partial charge in [0.2, 0.25) is 5.75 Å². The van der Waals surface area contributed by atoms with Crippen molar-refractivity contribution < 1.29 is 14.9 Å².